The molecule has 0 fully saturated rings. The first-order chi connectivity index (χ1) is 16.1. The number of rotatable bonds is 11. The van der Waals surface area contributed by atoms with Crippen LogP contribution in [0.2, 0.25) is 0 Å². The second-order valence-electron chi connectivity index (χ2n) is 7.49. The number of aromatic nitrogens is 2. The number of pyridine rings is 2. The first-order valence-corrected chi connectivity index (χ1v) is 11.1. The predicted molar refractivity (Wildman–Crippen MR) is 131 cm³/mol. The van der Waals surface area contributed by atoms with Gasteiger partial charge in [0.2, 0.25) is 0 Å². The molecule has 3 N–H and O–H groups in total. The van der Waals surface area contributed by atoms with E-state index < -0.39 is 0 Å². The molecule has 0 spiro atoms. The molecule has 0 radical (unpaired) electrons. The average Bonchev–Trinajstić information content (AvgIpc) is 2.85. The van der Waals surface area contributed by atoms with E-state index in [9.17, 15) is 9.59 Å². The van der Waals surface area contributed by atoms with Crippen molar-refractivity contribution in [3.8, 4) is 0 Å². The smallest absolute Gasteiger partial charge is 0.255 e. The van der Waals surface area contributed by atoms with Crippen LogP contribution in [0.15, 0.2) is 67.3 Å². The Labute approximate surface area is 194 Å². The minimum Gasteiger partial charge on any atom is -0.354 e. The molecule has 0 aliphatic heterocycles. The minimum absolute atomic E-state index is 0.156. The maximum Gasteiger partial charge on any atom is 0.255 e. The highest BCUT2D eigenvalue weighted by Gasteiger charge is 2.09. The summed E-state index contributed by atoms with van der Waals surface area (Å²) in [5, 5.41) is 9.00. The Kier molecular flexibility index (Phi) is 8.90. The summed E-state index contributed by atoms with van der Waals surface area (Å²) in [6.45, 7) is 7.86. The van der Waals surface area contributed by atoms with E-state index in [1.165, 1.54) is 0 Å². The topological polar surface area (TPSA) is 99.3 Å². The zero-order chi connectivity index (χ0) is 23.5. The molecule has 0 bridgehead atoms. The van der Waals surface area contributed by atoms with E-state index in [1.54, 1.807) is 61.2 Å². The third-order valence-corrected chi connectivity index (χ3v) is 5.18. The van der Waals surface area contributed by atoms with E-state index in [-0.39, 0.29) is 11.8 Å². The molecule has 3 aromatic rings. The second-order valence-corrected chi connectivity index (χ2v) is 7.49. The summed E-state index contributed by atoms with van der Waals surface area (Å²) in [6.07, 6.45) is 7.32. The van der Waals surface area contributed by atoms with Crippen LogP contribution in [0.25, 0.3) is 0 Å². The van der Waals surface area contributed by atoms with E-state index in [2.05, 4.69) is 44.7 Å². The molecule has 2 aromatic heterocycles. The summed E-state index contributed by atoms with van der Waals surface area (Å²) in [6, 6.07) is 12.3. The fourth-order valence-corrected chi connectivity index (χ4v) is 3.32. The zero-order valence-corrected chi connectivity index (χ0v) is 19.0. The first kappa shape index (κ1) is 23.9. The lowest BCUT2D eigenvalue weighted by Gasteiger charge is -2.17. The molecule has 0 aliphatic rings. The molecule has 0 saturated heterocycles. The van der Waals surface area contributed by atoms with Crippen molar-refractivity contribution in [2.75, 3.05) is 36.8 Å². The van der Waals surface area contributed by atoms with Crippen molar-refractivity contribution in [3.63, 3.8) is 0 Å². The molecular weight excluding hydrogens is 416 g/mol. The second kappa shape index (κ2) is 12.3. The van der Waals surface area contributed by atoms with E-state index in [4.69, 9.17) is 0 Å². The Balaban J connectivity index is 1.58. The highest BCUT2D eigenvalue weighted by atomic mass is 16.2. The lowest BCUT2D eigenvalue weighted by atomic mass is 10.1. The first-order valence-electron chi connectivity index (χ1n) is 11.1. The number of benzene rings is 1. The molecule has 2 heterocycles. The third kappa shape index (κ3) is 7.40. The number of nitrogens with one attached hydrogen (secondary N) is 3. The van der Waals surface area contributed by atoms with Crippen LogP contribution in [0.1, 0.15) is 41.0 Å². The van der Waals surface area contributed by atoms with Gasteiger partial charge in [-0.25, -0.2) is 0 Å². The van der Waals surface area contributed by atoms with Crippen molar-refractivity contribution in [1.82, 2.24) is 20.2 Å². The molecule has 8 nitrogen and oxygen atoms in total. The summed E-state index contributed by atoms with van der Waals surface area (Å²) >= 11 is 0. The molecule has 0 saturated carbocycles. The molecule has 1 aromatic carbocycles. The van der Waals surface area contributed by atoms with Crippen molar-refractivity contribution >= 4 is 28.9 Å². The zero-order valence-electron chi connectivity index (χ0n) is 19.0. The fourth-order valence-electron chi connectivity index (χ4n) is 3.32. The fraction of sp³-hybridized carbons (Fsp3) is 0.280. The minimum atomic E-state index is -0.221. The van der Waals surface area contributed by atoms with Crippen LogP contribution in [-0.4, -0.2) is 52.9 Å². The molecule has 33 heavy (non-hydrogen) atoms. The Hall–Kier alpha value is -3.78. The lowest BCUT2D eigenvalue weighted by Crippen LogP contribution is -2.30. The average molecular weight is 447 g/mol. The molecule has 0 unspecified atom stereocenters. The van der Waals surface area contributed by atoms with Crippen LogP contribution >= 0.6 is 0 Å². The molecule has 2 amide bonds. The van der Waals surface area contributed by atoms with E-state index >= 15 is 0 Å². The number of hydrogen-bond acceptors (Lipinski definition) is 6. The van der Waals surface area contributed by atoms with Gasteiger partial charge in [-0.1, -0.05) is 19.9 Å². The Bertz CT molecular complexity index is 1050. The highest BCUT2D eigenvalue weighted by molar-refractivity contribution is 6.04. The van der Waals surface area contributed by atoms with Crippen LogP contribution < -0.4 is 16.0 Å². The largest absolute Gasteiger partial charge is 0.354 e. The van der Waals surface area contributed by atoms with Crippen LogP contribution in [0.5, 0.6) is 0 Å². The van der Waals surface area contributed by atoms with Gasteiger partial charge in [-0.3, -0.25) is 19.6 Å². The summed E-state index contributed by atoms with van der Waals surface area (Å²) < 4.78 is 0. The SMILES string of the molecule is CCN(CC)CCCNC(=O)c1cncc(Nc2cccc(C(=O)Nc3ccncc3)c2)c1. The van der Waals surface area contributed by atoms with Crippen molar-refractivity contribution in [2.45, 2.75) is 20.3 Å². The van der Waals surface area contributed by atoms with Gasteiger partial charge in [0.25, 0.3) is 11.8 Å². The van der Waals surface area contributed by atoms with E-state index in [1.807, 2.05) is 6.07 Å². The number of carbonyl (C=O) groups is 2. The maximum absolute atomic E-state index is 12.5. The highest BCUT2D eigenvalue weighted by Crippen LogP contribution is 2.19. The lowest BCUT2D eigenvalue weighted by molar-refractivity contribution is 0.0950. The summed E-state index contributed by atoms with van der Waals surface area (Å²) in [5.74, 6) is -0.378. The van der Waals surface area contributed by atoms with Crippen molar-refractivity contribution in [1.29, 1.82) is 0 Å². The van der Waals surface area contributed by atoms with E-state index in [0.717, 1.165) is 31.7 Å². The van der Waals surface area contributed by atoms with E-state index in [0.29, 0.717) is 29.0 Å². The van der Waals surface area contributed by atoms with Gasteiger partial charge in [0, 0.05) is 42.1 Å². The number of amides is 2. The number of carbonyl (C=O) groups excluding carboxylic acids is 2. The van der Waals surface area contributed by atoms with Gasteiger partial charge >= 0.3 is 0 Å². The maximum atomic E-state index is 12.5. The Morgan fingerprint density at radius 1 is 0.848 bits per heavy atom. The summed E-state index contributed by atoms with van der Waals surface area (Å²) in [5.41, 5.74) is 3.04. The molecule has 0 aliphatic carbocycles. The monoisotopic (exact) mass is 446 g/mol. The number of anilines is 3. The van der Waals surface area contributed by atoms with Gasteiger partial charge in [0.15, 0.2) is 0 Å². The predicted octanol–water partition coefficient (Wildman–Crippen LogP) is 3.93. The van der Waals surface area contributed by atoms with Crippen LogP contribution in [0, 0.1) is 0 Å². The summed E-state index contributed by atoms with van der Waals surface area (Å²) in [7, 11) is 0. The Morgan fingerprint density at radius 3 is 2.36 bits per heavy atom. The van der Waals surface area contributed by atoms with Crippen LogP contribution in [0.4, 0.5) is 17.1 Å². The summed E-state index contributed by atoms with van der Waals surface area (Å²) in [4.78, 5) is 35.5. The van der Waals surface area contributed by atoms with Crippen molar-refractivity contribution in [2.24, 2.45) is 0 Å². The van der Waals surface area contributed by atoms with Crippen molar-refractivity contribution < 1.29 is 9.59 Å². The number of nitrogens with zero attached hydrogens (tertiary/aromatic N) is 3. The normalized spacial score (nSPS) is 10.6. The van der Waals surface area contributed by atoms with Gasteiger partial charge in [-0.05, 0) is 62.5 Å². The molecular formula is C25H30N6O2. The third-order valence-electron chi connectivity index (χ3n) is 5.18. The molecule has 8 heteroatoms. The molecule has 0 atom stereocenters. The van der Waals surface area contributed by atoms with Gasteiger partial charge in [0.05, 0.1) is 17.4 Å². The quantitative estimate of drug-likeness (QED) is 0.386. The Morgan fingerprint density at radius 2 is 1.61 bits per heavy atom. The standard InChI is InChI=1S/C25H30N6O2/c1-3-31(4-2)14-6-11-28-24(32)20-16-23(18-27-17-20)29-22-8-5-7-19(15-22)25(33)30-21-9-12-26-13-10-21/h5,7-10,12-13,15-18,29H,3-4,6,11,14H2,1-2H3,(H,28,32)(H,26,30,33). The molecule has 172 valence electrons. The van der Waals surface area contributed by atoms with Gasteiger partial charge in [-0.2, -0.15) is 0 Å². The van der Waals surface area contributed by atoms with Gasteiger partial charge < -0.3 is 20.9 Å². The van der Waals surface area contributed by atoms with Gasteiger partial charge in [0.1, 0.15) is 0 Å². The van der Waals surface area contributed by atoms with Crippen LogP contribution in [0.3, 0.4) is 0 Å². The van der Waals surface area contributed by atoms with Gasteiger partial charge in [-0.15, -0.1) is 0 Å². The molecule has 3 rings (SSSR count). The van der Waals surface area contributed by atoms with Crippen LogP contribution in [-0.2, 0) is 0 Å². The van der Waals surface area contributed by atoms with Crippen molar-refractivity contribution in [3.05, 3.63) is 78.4 Å². The number of hydrogen-bond donors (Lipinski definition) is 3.